The van der Waals surface area contributed by atoms with E-state index in [1.807, 2.05) is 6.92 Å². The molecule has 2 aromatic rings. The van der Waals surface area contributed by atoms with Crippen molar-refractivity contribution >= 4 is 46.4 Å². The summed E-state index contributed by atoms with van der Waals surface area (Å²) in [6.45, 7) is 3.12. The molecule has 4 N–H and O–H groups in total. The highest BCUT2D eigenvalue weighted by atomic mass is 35.5. The average molecular weight is 473 g/mol. The van der Waals surface area contributed by atoms with Crippen molar-refractivity contribution in [2.75, 3.05) is 35.6 Å². The number of halogens is 1. The van der Waals surface area contributed by atoms with Crippen LogP contribution in [-0.2, 0) is 14.3 Å². The van der Waals surface area contributed by atoms with Crippen LogP contribution in [0.25, 0.3) is 0 Å². The molecule has 0 aromatic heterocycles. The Labute approximate surface area is 198 Å². The summed E-state index contributed by atoms with van der Waals surface area (Å²) >= 11 is 6.19. The molecule has 1 saturated heterocycles. The van der Waals surface area contributed by atoms with Gasteiger partial charge >= 0.3 is 0 Å². The first-order chi connectivity index (χ1) is 15.9. The number of benzene rings is 2. The van der Waals surface area contributed by atoms with Gasteiger partial charge in [0.05, 0.1) is 23.4 Å². The maximum atomic E-state index is 12.4. The molecule has 0 aliphatic carbocycles. The lowest BCUT2D eigenvalue weighted by molar-refractivity contribution is -0.116. The number of carbonyl (C=O) groups excluding carboxylic acids is 3. The van der Waals surface area contributed by atoms with Gasteiger partial charge < -0.3 is 26.0 Å². The lowest BCUT2D eigenvalue weighted by atomic mass is 10.1. The fourth-order valence-corrected chi connectivity index (χ4v) is 3.58. The predicted molar refractivity (Wildman–Crippen MR) is 130 cm³/mol. The highest BCUT2D eigenvalue weighted by Crippen LogP contribution is 2.25. The van der Waals surface area contributed by atoms with Crippen LogP contribution in [0.4, 0.5) is 17.1 Å². The van der Waals surface area contributed by atoms with Crippen molar-refractivity contribution in [2.45, 2.75) is 38.7 Å². The summed E-state index contributed by atoms with van der Waals surface area (Å²) in [5, 5.41) is 11.8. The number of ether oxygens (including phenoxy) is 1. The van der Waals surface area contributed by atoms with Gasteiger partial charge in [-0.3, -0.25) is 14.4 Å². The molecule has 176 valence electrons. The third-order valence-electron chi connectivity index (χ3n) is 5.09. The summed E-state index contributed by atoms with van der Waals surface area (Å²) in [4.78, 5) is 36.6. The van der Waals surface area contributed by atoms with Crippen LogP contribution in [0.5, 0.6) is 0 Å². The minimum absolute atomic E-state index is 0.0241. The molecule has 3 amide bonds. The Kier molecular flexibility index (Phi) is 9.09. The van der Waals surface area contributed by atoms with Crippen molar-refractivity contribution in [1.82, 2.24) is 5.32 Å². The van der Waals surface area contributed by atoms with E-state index in [1.165, 1.54) is 0 Å². The second kappa shape index (κ2) is 12.2. The van der Waals surface area contributed by atoms with Gasteiger partial charge in [-0.1, -0.05) is 24.6 Å². The first-order valence-corrected chi connectivity index (χ1v) is 11.5. The SMILES string of the molecule is CCCC(=O)Nc1ccc(Cl)c(NC(=O)CNc2cccc(C(=O)NCC3CCCO3)c2)c1. The molecule has 1 fully saturated rings. The Morgan fingerprint density at radius 1 is 1.06 bits per heavy atom. The van der Waals surface area contributed by atoms with Gasteiger partial charge in [0.1, 0.15) is 0 Å². The largest absolute Gasteiger partial charge is 0.376 e. The lowest BCUT2D eigenvalue weighted by Crippen LogP contribution is -2.31. The Bertz CT molecular complexity index is 992. The normalized spacial score (nSPS) is 15.0. The van der Waals surface area contributed by atoms with Crippen molar-refractivity contribution in [1.29, 1.82) is 0 Å². The Hall–Kier alpha value is -3.10. The highest BCUT2D eigenvalue weighted by molar-refractivity contribution is 6.33. The Balaban J connectivity index is 1.52. The summed E-state index contributed by atoms with van der Waals surface area (Å²) in [6, 6.07) is 11.8. The zero-order valence-electron chi connectivity index (χ0n) is 18.6. The highest BCUT2D eigenvalue weighted by Gasteiger charge is 2.17. The zero-order valence-corrected chi connectivity index (χ0v) is 19.3. The van der Waals surface area contributed by atoms with Gasteiger partial charge in [0, 0.05) is 36.5 Å². The molecule has 3 rings (SSSR count). The van der Waals surface area contributed by atoms with E-state index in [4.69, 9.17) is 16.3 Å². The van der Waals surface area contributed by atoms with Crippen LogP contribution >= 0.6 is 11.6 Å². The molecule has 0 radical (unpaired) electrons. The van der Waals surface area contributed by atoms with E-state index in [0.29, 0.717) is 40.6 Å². The average Bonchev–Trinajstić information content (AvgIpc) is 3.32. The van der Waals surface area contributed by atoms with Crippen LogP contribution in [0.15, 0.2) is 42.5 Å². The molecule has 0 spiro atoms. The van der Waals surface area contributed by atoms with Gasteiger partial charge in [0.25, 0.3) is 5.91 Å². The molecule has 9 heteroatoms. The van der Waals surface area contributed by atoms with Gasteiger partial charge in [-0.15, -0.1) is 0 Å². The quantitative estimate of drug-likeness (QED) is 0.417. The molecular formula is C24H29ClN4O4. The van der Waals surface area contributed by atoms with Crippen LogP contribution in [0.2, 0.25) is 5.02 Å². The maximum absolute atomic E-state index is 12.4. The van der Waals surface area contributed by atoms with Crippen LogP contribution in [0.3, 0.4) is 0 Å². The second-order valence-corrected chi connectivity index (χ2v) is 8.23. The summed E-state index contributed by atoms with van der Waals surface area (Å²) in [7, 11) is 0. The van der Waals surface area contributed by atoms with Crippen molar-refractivity contribution in [3.8, 4) is 0 Å². The van der Waals surface area contributed by atoms with Crippen LogP contribution in [0.1, 0.15) is 43.0 Å². The van der Waals surface area contributed by atoms with E-state index in [0.717, 1.165) is 25.9 Å². The van der Waals surface area contributed by atoms with E-state index >= 15 is 0 Å². The van der Waals surface area contributed by atoms with Crippen LogP contribution in [-0.4, -0.2) is 43.5 Å². The number of anilines is 3. The van der Waals surface area contributed by atoms with Gasteiger partial charge in [0.2, 0.25) is 11.8 Å². The van der Waals surface area contributed by atoms with E-state index in [-0.39, 0.29) is 30.4 Å². The van der Waals surface area contributed by atoms with Gasteiger partial charge in [-0.2, -0.15) is 0 Å². The topological polar surface area (TPSA) is 109 Å². The summed E-state index contributed by atoms with van der Waals surface area (Å²) in [5.74, 6) is -0.604. The first kappa shape index (κ1) is 24.5. The van der Waals surface area contributed by atoms with E-state index in [2.05, 4.69) is 21.3 Å². The number of carbonyl (C=O) groups is 3. The molecule has 2 aromatic carbocycles. The summed E-state index contributed by atoms with van der Waals surface area (Å²) in [5.41, 5.74) is 2.10. The van der Waals surface area contributed by atoms with Crippen molar-refractivity contribution in [3.63, 3.8) is 0 Å². The predicted octanol–water partition coefficient (Wildman–Crippen LogP) is 4.04. The Morgan fingerprint density at radius 3 is 2.67 bits per heavy atom. The first-order valence-electron chi connectivity index (χ1n) is 11.1. The number of hydrogen-bond acceptors (Lipinski definition) is 5. The van der Waals surface area contributed by atoms with Crippen LogP contribution < -0.4 is 21.3 Å². The van der Waals surface area contributed by atoms with E-state index in [1.54, 1.807) is 42.5 Å². The van der Waals surface area contributed by atoms with Crippen LogP contribution in [0, 0.1) is 0 Å². The third kappa shape index (κ3) is 7.76. The third-order valence-corrected chi connectivity index (χ3v) is 5.42. The minimum Gasteiger partial charge on any atom is -0.376 e. The maximum Gasteiger partial charge on any atom is 0.251 e. The molecule has 33 heavy (non-hydrogen) atoms. The molecule has 0 saturated carbocycles. The van der Waals surface area contributed by atoms with Crippen molar-refractivity contribution < 1.29 is 19.1 Å². The molecule has 1 aliphatic rings. The monoisotopic (exact) mass is 472 g/mol. The summed E-state index contributed by atoms with van der Waals surface area (Å²) < 4.78 is 5.52. The Morgan fingerprint density at radius 2 is 1.91 bits per heavy atom. The number of hydrogen-bond donors (Lipinski definition) is 4. The van der Waals surface area contributed by atoms with E-state index in [9.17, 15) is 14.4 Å². The number of rotatable bonds is 10. The standard InChI is InChI=1S/C24H29ClN4O4/c1-2-5-22(30)28-18-9-10-20(25)21(13-18)29-23(31)15-26-17-7-3-6-16(12-17)24(32)27-14-19-8-4-11-33-19/h3,6-7,9-10,12-13,19,26H,2,4-5,8,11,14-15H2,1H3,(H,27,32)(H,28,30)(H,29,31). The molecule has 0 bridgehead atoms. The second-order valence-electron chi connectivity index (χ2n) is 7.82. The fraction of sp³-hybridized carbons (Fsp3) is 0.375. The molecular weight excluding hydrogens is 444 g/mol. The van der Waals surface area contributed by atoms with Gasteiger partial charge in [0.15, 0.2) is 0 Å². The number of amides is 3. The zero-order chi connectivity index (χ0) is 23.6. The molecule has 1 aliphatic heterocycles. The minimum atomic E-state index is -0.317. The molecule has 1 unspecified atom stereocenters. The molecule has 1 atom stereocenters. The molecule has 8 nitrogen and oxygen atoms in total. The van der Waals surface area contributed by atoms with Crippen molar-refractivity contribution in [2.24, 2.45) is 0 Å². The van der Waals surface area contributed by atoms with Gasteiger partial charge in [-0.25, -0.2) is 0 Å². The molecule has 1 heterocycles. The smallest absolute Gasteiger partial charge is 0.251 e. The lowest BCUT2D eigenvalue weighted by Gasteiger charge is -2.13. The van der Waals surface area contributed by atoms with E-state index < -0.39 is 0 Å². The summed E-state index contributed by atoms with van der Waals surface area (Å²) in [6.07, 6.45) is 3.20. The fourth-order valence-electron chi connectivity index (χ4n) is 3.41. The number of nitrogens with one attached hydrogen (secondary N) is 4. The van der Waals surface area contributed by atoms with Gasteiger partial charge in [-0.05, 0) is 55.7 Å². The van der Waals surface area contributed by atoms with Crippen molar-refractivity contribution in [3.05, 3.63) is 53.1 Å².